The second kappa shape index (κ2) is 5.03. The van der Waals surface area contributed by atoms with Gasteiger partial charge in [0.15, 0.2) is 0 Å². The first kappa shape index (κ1) is 14.2. The Bertz CT molecular complexity index is 503. The van der Waals surface area contributed by atoms with E-state index in [1.165, 1.54) is 0 Å². The van der Waals surface area contributed by atoms with Crippen LogP contribution in [0.3, 0.4) is 0 Å². The van der Waals surface area contributed by atoms with Crippen LogP contribution in [-0.2, 0) is 11.0 Å². The Labute approximate surface area is 112 Å². The molecule has 0 radical (unpaired) electrons. The van der Waals surface area contributed by atoms with Gasteiger partial charge in [0.05, 0.1) is 11.3 Å². The minimum atomic E-state index is -4.56. The molecule has 0 spiro atoms. The largest absolute Gasteiger partial charge is 0.416 e. The van der Waals surface area contributed by atoms with Crippen LogP contribution >= 0.6 is 12.6 Å². The van der Waals surface area contributed by atoms with E-state index >= 15 is 0 Å². The molecule has 1 amide bonds. The van der Waals surface area contributed by atoms with E-state index in [9.17, 15) is 22.4 Å². The maximum absolute atomic E-state index is 13.6. The SMILES string of the molecule is O=C1CC(CS)CN1c1cc(C(F)(F)F)ccc1F. The fourth-order valence-electron chi connectivity index (χ4n) is 2.03. The first-order valence-electron chi connectivity index (χ1n) is 5.61. The third-order valence-electron chi connectivity index (χ3n) is 3.03. The van der Waals surface area contributed by atoms with Gasteiger partial charge in [0.2, 0.25) is 5.91 Å². The summed E-state index contributed by atoms with van der Waals surface area (Å²) in [7, 11) is 0. The predicted octanol–water partition coefficient (Wildman–Crippen LogP) is 3.13. The summed E-state index contributed by atoms with van der Waals surface area (Å²) in [6, 6.07) is 2.07. The molecular formula is C12H11F4NOS. The van der Waals surface area contributed by atoms with E-state index in [0.717, 1.165) is 11.0 Å². The van der Waals surface area contributed by atoms with Crippen molar-refractivity contribution in [3.63, 3.8) is 0 Å². The second-order valence-electron chi connectivity index (χ2n) is 4.42. The average Bonchev–Trinajstić information content (AvgIpc) is 2.69. The number of carbonyl (C=O) groups excluding carboxylic acids is 1. The number of thiol groups is 1. The van der Waals surface area contributed by atoms with Crippen LogP contribution in [-0.4, -0.2) is 18.2 Å². The number of nitrogens with zero attached hydrogens (tertiary/aromatic N) is 1. The van der Waals surface area contributed by atoms with Crippen molar-refractivity contribution in [3.05, 3.63) is 29.6 Å². The highest BCUT2D eigenvalue weighted by molar-refractivity contribution is 7.80. The number of rotatable bonds is 2. The number of hydrogen-bond donors (Lipinski definition) is 1. The van der Waals surface area contributed by atoms with Crippen molar-refractivity contribution in [3.8, 4) is 0 Å². The van der Waals surface area contributed by atoms with Crippen LogP contribution in [0.25, 0.3) is 0 Å². The van der Waals surface area contributed by atoms with Crippen molar-refractivity contribution in [1.29, 1.82) is 0 Å². The molecule has 0 aliphatic carbocycles. The Morgan fingerprint density at radius 1 is 1.37 bits per heavy atom. The minimum Gasteiger partial charge on any atom is -0.309 e. The fraction of sp³-hybridized carbons (Fsp3) is 0.417. The van der Waals surface area contributed by atoms with E-state index in [2.05, 4.69) is 12.6 Å². The molecule has 0 saturated carbocycles. The van der Waals surface area contributed by atoms with Crippen LogP contribution in [0.2, 0.25) is 0 Å². The van der Waals surface area contributed by atoms with Crippen LogP contribution in [0.15, 0.2) is 18.2 Å². The summed E-state index contributed by atoms with van der Waals surface area (Å²) in [5.41, 5.74) is -1.28. The number of amides is 1. The van der Waals surface area contributed by atoms with Gasteiger partial charge < -0.3 is 4.90 Å². The van der Waals surface area contributed by atoms with Gasteiger partial charge in [0.1, 0.15) is 5.82 Å². The number of hydrogen-bond acceptors (Lipinski definition) is 2. The van der Waals surface area contributed by atoms with Gasteiger partial charge in [-0.3, -0.25) is 4.79 Å². The van der Waals surface area contributed by atoms with E-state index in [-0.39, 0.29) is 30.5 Å². The number of alkyl halides is 3. The molecule has 1 aromatic rings. The summed E-state index contributed by atoms with van der Waals surface area (Å²) in [6.07, 6.45) is -4.38. The maximum atomic E-state index is 13.6. The molecule has 1 heterocycles. The zero-order valence-corrected chi connectivity index (χ0v) is 10.6. The molecule has 1 unspecified atom stereocenters. The quantitative estimate of drug-likeness (QED) is 0.656. The topological polar surface area (TPSA) is 20.3 Å². The number of anilines is 1. The highest BCUT2D eigenvalue weighted by Gasteiger charge is 2.35. The van der Waals surface area contributed by atoms with Gasteiger partial charge in [0, 0.05) is 13.0 Å². The molecular weight excluding hydrogens is 282 g/mol. The van der Waals surface area contributed by atoms with Crippen molar-refractivity contribution in [2.75, 3.05) is 17.2 Å². The maximum Gasteiger partial charge on any atom is 0.416 e. The van der Waals surface area contributed by atoms with Crippen LogP contribution in [0, 0.1) is 11.7 Å². The summed E-state index contributed by atoms with van der Waals surface area (Å²) in [5.74, 6) is -0.841. The molecule has 1 atom stereocenters. The monoisotopic (exact) mass is 293 g/mol. The van der Waals surface area contributed by atoms with E-state index < -0.39 is 17.6 Å². The summed E-state index contributed by atoms with van der Waals surface area (Å²) >= 11 is 4.05. The molecule has 2 rings (SSSR count). The minimum absolute atomic E-state index is 0.0650. The summed E-state index contributed by atoms with van der Waals surface area (Å²) in [6.45, 7) is 0.195. The third kappa shape index (κ3) is 2.86. The van der Waals surface area contributed by atoms with Gasteiger partial charge in [-0.05, 0) is 29.9 Å². The zero-order chi connectivity index (χ0) is 14.2. The standard InChI is InChI=1S/C12H11F4NOS/c13-9-2-1-8(12(14,15)16)4-10(9)17-5-7(6-19)3-11(17)18/h1-2,4,7,19H,3,5-6H2. The van der Waals surface area contributed by atoms with Crippen molar-refractivity contribution >= 4 is 24.2 Å². The Kier molecular flexibility index (Phi) is 3.75. The Hall–Kier alpha value is -1.24. The molecule has 1 saturated heterocycles. The van der Waals surface area contributed by atoms with Gasteiger partial charge in [-0.1, -0.05) is 0 Å². The predicted molar refractivity (Wildman–Crippen MR) is 65.7 cm³/mol. The van der Waals surface area contributed by atoms with Gasteiger partial charge in [0.25, 0.3) is 0 Å². The van der Waals surface area contributed by atoms with Gasteiger partial charge in [-0.25, -0.2) is 4.39 Å². The van der Waals surface area contributed by atoms with E-state index in [1.54, 1.807) is 0 Å². The van der Waals surface area contributed by atoms with Gasteiger partial charge in [-0.2, -0.15) is 25.8 Å². The van der Waals surface area contributed by atoms with Crippen LogP contribution < -0.4 is 4.90 Å². The first-order chi connectivity index (χ1) is 8.82. The van der Waals surface area contributed by atoms with Crippen LogP contribution in [0.1, 0.15) is 12.0 Å². The fourth-order valence-corrected chi connectivity index (χ4v) is 2.28. The smallest absolute Gasteiger partial charge is 0.309 e. The lowest BCUT2D eigenvalue weighted by molar-refractivity contribution is -0.137. The Morgan fingerprint density at radius 3 is 2.58 bits per heavy atom. The van der Waals surface area contributed by atoms with E-state index in [4.69, 9.17) is 0 Å². The summed E-state index contributed by atoms with van der Waals surface area (Å²) in [5, 5.41) is 0. The van der Waals surface area contributed by atoms with Gasteiger partial charge >= 0.3 is 6.18 Å². The lowest BCUT2D eigenvalue weighted by atomic mass is 10.1. The summed E-state index contributed by atoms with van der Waals surface area (Å²) in [4.78, 5) is 12.8. The highest BCUT2D eigenvalue weighted by Crippen LogP contribution is 2.35. The Balaban J connectivity index is 2.37. The molecule has 0 aromatic heterocycles. The number of benzene rings is 1. The molecule has 1 aromatic carbocycles. The van der Waals surface area contributed by atoms with Gasteiger partial charge in [-0.15, -0.1) is 0 Å². The third-order valence-corrected chi connectivity index (χ3v) is 3.54. The zero-order valence-electron chi connectivity index (χ0n) is 9.75. The number of carbonyl (C=O) groups is 1. The molecule has 1 aliphatic rings. The molecule has 1 aliphatic heterocycles. The molecule has 7 heteroatoms. The molecule has 1 fully saturated rings. The summed E-state index contributed by atoms with van der Waals surface area (Å²) < 4.78 is 51.4. The molecule has 0 N–H and O–H groups in total. The number of halogens is 4. The van der Waals surface area contributed by atoms with E-state index in [1.807, 2.05) is 0 Å². The first-order valence-corrected chi connectivity index (χ1v) is 6.24. The van der Waals surface area contributed by atoms with Crippen LogP contribution in [0.5, 0.6) is 0 Å². The molecule has 104 valence electrons. The second-order valence-corrected chi connectivity index (χ2v) is 4.79. The van der Waals surface area contributed by atoms with E-state index in [0.29, 0.717) is 17.9 Å². The lowest BCUT2D eigenvalue weighted by Crippen LogP contribution is -2.26. The molecule has 0 bridgehead atoms. The lowest BCUT2D eigenvalue weighted by Gasteiger charge is -2.19. The normalized spacial score (nSPS) is 20.2. The average molecular weight is 293 g/mol. The Morgan fingerprint density at radius 2 is 2.05 bits per heavy atom. The van der Waals surface area contributed by atoms with Crippen molar-refractivity contribution in [1.82, 2.24) is 0 Å². The molecule has 19 heavy (non-hydrogen) atoms. The van der Waals surface area contributed by atoms with Crippen molar-refractivity contribution in [2.24, 2.45) is 5.92 Å². The highest BCUT2D eigenvalue weighted by atomic mass is 32.1. The van der Waals surface area contributed by atoms with Crippen LogP contribution in [0.4, 0.5) is 23.2 Å². The molecule has 2 nitrogen and oxygen atoms in total. The van der Waals surface area contributed by atoms with Crippen molar-refractivity contribution in [2.45, 2.75) is 12.6 Å². The van der Waals surface area contributed by atoms with Crippen molar-refractivity contribution < 1.29 is 22.4 Å².